The fourth-order valence-corrected chi connectivity index (χ4v) is 1.29. The molecule has 0 N–H and O–H groups in total. The van der Waals surface area contributed by atoms with E-state index in [2.05, 4.69) is 4.98 Å². The summed E-state index contributed by atoms with van der Waals surface area (Å²) in [6.07, 6.45) is 2.42. The van der Waals surface area contributed by atoms with Gasteiger partial charge < -0.3 is 9.64 Å². The zero-order valence-electron chi connectivity index (χ0n) is 9.61. The number of amides is 1. The van der Waals surface area contributed by atoms with Gasteiger partial charge in [-0.15, -0.1) is 0 Å². The Morgan fingerprint density at radius 2 is 2.38 bits per heavy atom. The number of likely N-dealkylation sites (N-methyl/N-ethyl adjacent to an activating group) is 1. The highest BCUT2D eigenvalue weighted by Crippen LogP contribution is 2.09. The summed E-state index contributed by atoms with van der Waals surface area (Å²) < 4.78 is 18.2. The van der Waals surface area contributed by atoms with E-state index in [4.69, 9.17) is 4.74 Å². The van der Waals surface area contributed by atoms with Crippen LogP contribution in [0.3, 0.4) is 0 Å². The van der Waals surface area contributed by atoms with Crippen LogP contribution in [0.1, 0.15) is 17.3 Å². The van der Waals surface area contributed by atoms with Crippen LogP contribution in [0.2, 0.25) is 0 Å². The largest absolute Gasteiger partial charge is 0.383 e. The number of halogens is 1. The van der Waals surface area contributed by atoms with Crippen molar-refractivity contribution in [2.24, 2.45) is 0 Å². The van der Waals surface area contributed by atoms with Crippen molar-refractivity contribution in [3.05, 3.63) is 29.8 Å². The van der Waals surface area contributed by atoms with Crippen molar-refractivity contribution in [3.63, 3.8) is 0 Å². The van der Waals surface area contributed by atoms with Crippen molar-refractivity contribution in [2.75, 3.05) is 20.8 Å². The van der Waals surface area contributed by atoms with Crippen molar-refractivity contribution in [1.82, 2.24) is 9.88 Å². The number of hydrogen-bond acceptors (Lipinski definition) is 3. The fraction of sp³-hybridized carbons (Fsp3) is 0.455. The van der Waals surface area contributed by atoms with E-state index < -0.39 is 5.82 Å². The normalized spacial score (nSPS) is 12.2. The number of pyridine rings is 1. The van der Waals surface area contributed by atoms with E-state index in [0.29, 0.717) is 6.61 Å². The Hall–Kier alpha value is -1.49. The van der Waals surface area contributed by atoms with Gasteiger partial charge in [-0.05, 0) is 13.0 Å². The molecular weight excluding hydrogens is 211 g/mol. The first-order valence-electron chi connectivity index (χ1n) is 4.93. The molecule has 4 nitrogen and oxygen atoms in total. The predicted octanol–water partition coefficient (Wildman–Crippen LogP) is 1.33. The number of nitrogens with zero attached hydrogens (tertiary/aromatic N) is 2. The minimum absolute atomic E-state index is 0.0282. The predicted molar refractivity (Wildman–Crippen MR) is 57.6 cm³/mol. The van der Waals surface area contributed by atoms with Crippen molar-refractivity contribution in [3.8, 4) is 0 Å². The third-order valence-corrected chi connectivity index (χ3v) is 2.39. The minimum Gasteiger partial charge on any atom is -0.383 e. The van der Waals surface area contributed by atoms with Crippen LogP contribution in [0.25, 0.3) is 0 Å². The summed E-state index contributed by atoms with van der Waals surface area (Å²) >= 11 is 0. The molecule has 0 saturated heterocycles. The SMILES string of the molecule is COCC(C)N(C)C(=O)c1ccncc1F. The lowest BCUT2D eigenvalue weighted by molar-refractivity contribution is 0.0629. The second-order valence-corrected chi connectivity index (χ2v) is 3.58. The smallest absolute Gasteiger partial charge is 0.257 e. The van der Waals surface area contributed by atoms with Gasteiger partial charge in [-0.3, -0.25) is 9.78 Å². The van der Waals surface area contributed by atoms with Crippen LogP contribution in [0.15, 0.2) is 18.5 Å². The lowest BCUT2D eigenvalue weighted by Crippen LogP contribution is -2.38. The van der Waals surface area contributed by atoms with Crippen LogP contribution >= 0.6 is 0 Å². The van der Waals surface area contributed by atoms with Gasteiger partial charge in [0.15, 0.2) is 5.82 Å². The molecule has 1 unspecified atom stereocenters. The maximum atomic E-state index is 13.3. The molecule has 1 atom stereocenters. The highest BCUT2D eigenvalue weighted by molar-refractivity contribution is 5.94. The summed E-state index contributed by atoms with van der Waals surface area (Å²) in [4.78, 5) is 16.9. The van der Waals surface area contributed by atoms with Gasteiger partial charge in [0, 0.05) is 20.4 Å². The van der Waals surface area contributed by atoms with E-state index in [1.807, 2.05) is 6.92 Å². The van der Waals surface area contributed by atoms with Gasteiger partial charge in [0.25, 0.3) is 5.91 Å². The van der Waals surface area contributed by atoms with E-state index in [0.717, 1.165) is 6.20 Å². The lowest BCUT2D eigenvalue weighted by atomic mass is 10.2. The molecule has 0 radical (unpaired) electrons. The van der Waals surface area contributed by atoms with Crippen molar-refractivity contribution >= 4 is 5.91 Å². The average Bonchev–Trinajstić information content (AvgIpc) is 2.28. The molecule has 0 bridgehead atoms. The minimum atomic E-state index is -0.607. The third-order valence-electron chi connectivity index (χ3n) is 2.39. The fourth-order valence-electron chi connectivity index (χ4n) is 1.29. The molecule has 1 aromatic rings. The Morgan fingerprint density at radius 1 is 1.69 bits per heavy atom. The molecule has 0 fully saturated rings. The molecule has 16 heavy (non-hydrogen) atoms. The van der Waals surface area contributed by atoms with Gasteiger partial charge >= 0.3 is 0 Å². The maximum absolute atomic E-state index is 13.3. The Labute approximate surface area is 94.0 Å². The molecule has 1 rings (SSSR count). The molecule has 0 aliphatic rings. The summed E-state index contributed by atoms with van der Waals surface area (Å²) in [5, 5.41) is 0. The first-order valence-corrected chi connectivity index (χ1v) is 4.93. The molecule has 0 saturated carbocycles. The highest BCUT2D eigenvalue weighted by Gasteiger charge is 2.20. The van der Waals surface area contributed by atoms with Gasteiger partial charge in [-0.1, -0.05) is 0 Å². The summed E-state index contributed by atoms with van der Waals surface area (Å²) in [7, 11) is 3.17. The molecule has 0 spiro atoms. The Balaban J connectivity index is 2.82. The number of carbonyl (C=O) groups excluding carboxylic acids is 1. The molecule has 1 aromatic heterocycles. The van der Waals surface area contributed by atoms with E-state index >= 15 is 0 Å². The number of carbonyl (C=O) groups is 1. The Bertz CT molecular complexity index is 371. The van der Waals surface area contributed by atoms with E-state index in [9.17, 15) is 9.18 Å². The summed E-state index contributed by atoms with van der Waals surface area (Å²) in [6, 6.07) is 1.26. The van der Waals surface area contributed by atoms with Gasteiger partial charge in [0.2, 0.25) is 0 Å². The third kappa shape index (κ3) is 2.76. The molecule has 88 valence electrons. The molecule has 0 aliphatic heterocycles. The van der Waals surface area contributed by atoms with E-state index in [1.54, 1.807) is 14.2 Å². The van der Waals surface area contributed by atoms with E-state index in [-0.39, 0.29) is 17.5 Å². The van der Waals surface area contributed by atoms with Gasteiger partial charge in [0.05, 0.1) is 24.4 Å². The summed E-state index contributed by atoms with van der Waals surface area (Å²) in [5.41, 5.74) is 0.0282. The van der Waals surface area contributed by atoms with Gasteiger partial charge in [0.1, 0.15) is 0 Å². The molecular formula is C11H15FN2O2. The molecule has 5 heteroatoms. The maximum Gasteiger partial charge on any atom is 0.257 e. The molecule has 0 aliphatic carbocycles. The molecule has 0 aromatic carbocycles. The summed E-state index contributed by atoms with van der Waals surface area (Å²) in [5.74, 6) is -0.978. The number of ether oxygens (including phenoxy) is 1. The standard InChI is InChI=1S/C11H15FN2O2/c1-8(7-16-3)14(2)11(15)9-4-5-13-6-10(9)12/h4-6,8H,7H2,1-3H3. The molecule has 1 amide bonds. The second-order valence-electron chi connectivity index (χ2n) is 3.58. The Kier molecular flexibility index (Phi) is 4.37. The van der Waals surface area contributed by atoms with Gasteiger partial charge in [-0.25, -0.2) is 4.39 Å². The topological polar surface area (TPSA) is 42.4 Å². The van der Waals surface area contributed by atoms with Crippen LogP contribution in [0.5, 0.6) is 0 Å². The van der Waals surface area contributed by atoms with Crippen molar-refractivity contribution < 1.29 is 13.9 Å². The zero-order valence-corrected chi connectivity index (χ0v) is 9.61. The number of hydrogen-bond donors (Lipinski definition) is 0. The van der Waals surface area contributed by atoms with Crippen LogP contribution in [-0.4, -0.2) is 42.6 Å². The van der Waals surface area contributed by atoms with E-state index in [1.165, 1.54) is 17.2 Å². The Morgan fingerprint density at radius 3 is 2.94 bits per heavy atom. The quantitative estimate of drug-likeness (QED) is 0.777. The summed E-state index contributed by atoms with van der Waals surface area (Å²) in [6.45, 7) is 2.25. The first kappa shape index (κ1) is 12.6. The highest BCUT2D eigenvalue weighted by atomic mass is 19.1. The molecule has 1 heterocycles. The van der Waals surface area contributed by atoms with Crippen molar-refractivity contribution in [2.45, 2.75) is 13.0 Å². The van der Waals surface area contributed by atoms with Crippen LogP contribution < -0.4 is 0 Å². The first-order chi connectivity index (χ1) is 7.57. The second kappa shape index (κ2) is 5.55. The lowest BCUT2D eigenvalue weighted by Gasteiger charge is -2.24. The zero-order chi connectivity index (χ0) is 12.1. The monoisotopic (exact) mass is 226 g/mol. The average molecular weight is 226 g/mol. The van der Waals surface area contributed by atoms with Crippen molar-refractivity contribution in [1.29, 1.82) is 0 Å². The van der Waals surface area contributed by atoms with Crippen LogP contribution in [0, 0.1) is 5.82 Å². The number of aromatic nitrogens is 1. The van der Waals surface area contributed by atoms with Crippen LogP contribution in [-0.2, 0) is 4.74 Å². The van der Waals surface area contributed by atoms with Gasteiger partial charge in [-0.2, -0.15) is 0 Å². The number of methoxy groups -OCH3 is 1. The van der Waals surface area contributed by atoms with Crippen LogP contribution in [0.4, 0.5) is 4.39 Å². The number of rotatable bonds is 4.